The largest absolute Gasteiger partial charge is 0.371 e. The van der Waals surface area contributed by atoms with Crippen molar-refractivity contribution in [3.8, 4) is 10.7 Å². The summed E-state index contributed by atoms with van der Waals surface area (Å²) in [6.07, 6.45) is 3.15. The van der Waals surface area contributed by atoms with E-state index in [0.717, 1.165) is 40.4 Å². The standard InChI is InChI=1S/C21H21BrN4OS/c22-16-4-3-5-18(10-16)26-9-7-15(13-26)12-24-20(27)11-17-14-28-21(25-17)19-6-1-2-8-23-19/h1-6,8,10,14-15H,7,9,11-13H2,(H,24,27). The average Bonchev–Trinajstić information content (AvgIpc) is 3.37. The first kappa shape index (κ1) is 19.1. The summed E-state index contributed by atoms with van der Waals surface area (Å²) in [4.78, 5) is 23.6. The molecule has 0 spiro atoms. The predicted molar refractivity (Wildman–Crippen MR) is 117 cm³/mol. The van der Waals surface area contributed by atoms with Gasteiger partial charge < -0.3 is 10.2 Å². The SMILES string of the molecule is O=C(Cc1csc(-c2ccccn2)n1)NCC1CCN(c2cccc(Br)c2)C1. The van der Waals surface area contributed by atoms with Crippen LogP contribution in [0.15, 0.2) is 58.5 Å². The number of halogens is 1. The number of carbonyl (C=O) groups is 1. The van der Waals surface area contributed by atoms with Crippen LogP contribution in [0.2, 0.25) is 0 Å². The highest BCUT2D eigenvalue weighted by Crippen LogP contribution is 2.26. The molecule has 4 rings (SSSR count). The van der Waals surface area contributed by atoms with Crippen LogP contribution in [0.4, 0.5) is 5.69 Å². The molecule has 1 atom stereocenters. The maximum atomic E-state index is 12.3. The number of thiazole rings is 1. The Hall–Kier alpha value is -2.25. The number of hydrogen-bond donors (Lipinski definition) is 1. The Bertz CT molecular complexity index is 946. The first-order valence-electron chi connectivity index (χ1n) is 9.30. The van der Waals surface area contributed by atoms with Crippen molar-refractivity contribution < 1.29 is 4.79 Å². The molecule has 7 heteroatoms. The molecule has 1 N–H and O–H groups in total. The van der Waals surface area contributed by atoms with Crippen LogP contribution in [-0.4, -0.2) is 35.5 Å². The number of anilines is 1. The first-order valence-corrected chi connectivity index (χ1v) is 11.0. The third kappa shape index (κ3) is 4.77. The molecular formula is C21H21BrN4OS. The number of pyridine rings is 1. The number of aromatic nitrogens is 2. The third-order valence-corrected chi connectivity index (χ3v) is 6.23. The van der Waals surface area contributed by atoms with Crippen molar-refractivity contribution >= 4 is 38.9 Å². The molecule has 1 aromatic carbocycles. The monoisotopic (exact) mass is 456 g/mol. The van der Waals surface area contributed by atoms with E-state index in [1.165, 1.54) is 17.0 Å². The minimum atomic E-state index is 0.0266. The van der Waals surface area contributed by atoms with Gasteiger partial charge in [-0.05, 0) is 42.7 Å². The fourth-order valence-electron chi connectivity index (χ4n) is 3.39. The van der Waals surface area contributed by atoms with E-state index in [0.29, 0.717) is 18.9 Å². The highest BCUT2D eigenvalue weighted by Gasteiger charge is 2.23. The summed E-state index contributed by atoms with van der Waals surface area (Å²) in [5.41, 5.74) is 2.87. The molecule has 1 aliphatic rings. The lowest BCUT2D eigenvalue weighted by Crippen LogP contribution is -2.32. The van der Waals surface area contributed by atoms with Gasteiger partial charge in [0.15, 0.2) is 0 Å². The average molecular weight is 457 g/mol. The van der Waals surface area contributed by atoms with Crippen LogP contribution in [0.5, 0.6) is 0 Å². The van der Waals surface area contributed by atoms with Crippen molar-refractivity contribution in [1.29, 1.82) is 0 Å². The zero-order valence-electron chi connectivity index (χ0n) is 15.3. The van der Waals surface area contributed by atoms with E-state index in [1.807, 2.05) is 29.6 Å². The van der Waals surface area contributed by atoms with E-state index in [9.17, 15) is 4.79 Å². The highest BCUT2D eigenvalue weighted by atomic mass is 79.9. The fraction of sp³-hybridized carbons (Fsp3) is 0.286. The molecule has 5 nitrogen and oxygen atoms in total. The summed E-state index contributed by atoms with van der Waals surface area (Å²) in [5, 5.41) is 5.87. The lowest BCUT2D eigenvalue weighted by Gasteiger charge is -2.19. The fourth-order valence-corrected chi connectivity index (χ4v) is 4.57. The van der Waals surface area contributed by atoms with E-state index in [4.69, 9.17) is 0 Å². The first-order chi connectivity index (χ1) is 13.7. The van der Waals surface area contributed by atoms with Gasteiger partial charge in [0.25, 0.3) is 0 Å². The molecule has 1 unspecified atom stereocenters. The molecule has 3 aromatic rings. The number of nitrogens with one attached hydrogen (secondary N) is 1. The molecule has 0 aliphatic carbocycles. The van der Waals surface area contributed by atoms with Crippen LogP contribution < -0.4 is 10.2 Å². The molecule has 3 heterocycles. The van der Waals surface area contributed by atoms with E-state index >= 15 is 0 Å². The third-order valence-electron chi connectivity index (χ3n) is 4.82. The molecular weight excluding hydrogens is 436 g/mol. The van der Waals surface area contributed by atoms with Crippen LogP contribution in [0.25, 0.3) is 10.7 Å². The normalized spacial score (nSPS) is 16.3. The maximum absolute atomic E-state index is 12.3. The van der Waals surface area contributed by atoms with Crippen molar-refractivity contribution in [2.24, 2.45) is 5.92 Å². The van der Waals surface area contributed by atoms with Crippen molar-refractivity contribution in [1.82, 2.24) is 15.3 Å². The lowest BCUT2D eigenvalue weighted by molar-refractivity contribution is -0.120. The van der Waals surface area contributed by atoms with Crippen molar-refractivity contribution in [2.45, 2.75) is 12.8 Å². The van der Waals surface area contributed by atoms with Crippen molar-refractivity contribution in [3.63, 3.8) is 0 Å². The van der Waals surface area contributed by atoms with E-state index in [-0.39, 0.29) is 5.91 Å². The Morgan fingerprint density at radius 2 is 2.21 bits per heavy atom. The van der Waals surface area contributed by atoms with Crippen LogP contribution >= 0.6 is 27.3 Å². The molecule has 0 radical (unpaired) electrons. The quantitative estimate of drug-likeness (QED) is 0.604. The van der Waals surface area contributed by atoms with Gasteiger partial charge in [-0.25, -0.2) is 4.98 Å². The number of benzene rings is 1. The molecule has 2 aromatic heterocycles. The Morgan fingerprint density at radius 3 is 3.04 bits per heavy atom. The van der Waals surface area contributed by atoms with Gasteiger partial charge in [0.1, 0.15) is 5.01 Å². The number of hydrogen-bond acceptors (Lipinski definition) is 5. The summed E-state index contributed by atoms with van der Waals surface area (Å²) in [6.45, 7) is 2.70. The molecule has 1 amide bonds. The minimum Gasteiger partial charge on any atom is -0.371 e. The lowest BCUT2D eigenvalue weighted by atomic mass is 10.1. The molecule has 28 heavy (non-hydrogen) atoms. The van der Waals surface area contributed by atoms with Gasteiger partial charge in [-0.1, -0.05) is 28.1 Å². The van der Waals surface area contributed by atoms with Crippen LogP contribution in [0, 0.1) is 5.92 Å². The molecule has 1 aliphatic heterocycles. The molecule has 1 fully saturated rings. The molecule has 144 valence electrons. The predicted octanol–water partition coefficient (Wildman–Crippen LogP) is 4.15. The second-order valence-corrected chi connectivity index (χ2v) is 8.69. The van der Waals surface area contributed by atoms with Gasteiger partial charge >= 0.3 is 0 Å². The second-order valence-electron chi connectivity index (χ2n) is 6.92. The minimum absolute atomic E-state index is 0.0266. The van der Waals surface area contributed by atoms with Gasteiger partial charge in [-0.3, -0.25) is 9.78 Å². The molecule has 0 saturated carbocycles. The summed E-state index contributed by atoms with van der Waals surface area (Å²) >= 11 is 5.05. The zero-order chi connectivity index (χ0) is 19.3. The zero-order valence-corrected chi connectivity index (χ0v) is 17.7. The Labute approximate surface area is 177 Å². The number of amides is 1. The van der Waals surface area contributed by atoms with Crippen LogP contribution in [0.1, 0.15) is 12.1 Å². The van der Waals surface area contributed by atoms with E-state index in [1.54, 1.807) is 6.20 Å². The number of rotatable bonds is 6. The van der Waals surface area contributed by atoms with E-state index < -0.39 is 0 Å². The Morgan fingerprint density at radius 1 is 1.29 bits per heavy atom. The summed E-state index contributed by atoms with van der Waals surface area (Å²) in [6, 6.07) is 14.1. The topological polar surface area (TPSA) is 58.1 Å². The van der Waals surface area contributed by atoms with Crippen LogP contribution in [0.3, 0.4) is 0 Å². The smallest absolute Gasteiger partial charge is 0.226 e. The molecule has 1 saturated heterocycles. The van der Waals surface area contributed by atoms with Gasteiger partial charge in [-0.2, -0.15) is 0 Å². The van der Waals surface area contributed by atoms with Crippen molar-refractivity contribution in [3.05, 3.63) is 64.2 Å². The van der Waals surface area contributed by atoms with Crippen molar-refractivity contribution in [2.75, 3.05) is 24.5 Å². The second kappa shape index (κ2) is 8.84. The number of nitrogens with zero attached hydrogens (tertiary/aromatic N) is 3. The Balaban J connectivity index is 1.26. The summed E-state index contributed by atoms with van der Waals surface area (Å²) < 4.78 is 1.09. The Kier molecular flexibility index (Phi) is 6.02. The van der Waals surface area contributed by atoms with E-state index in [2.05, 4.69) is 54.3 Å². The summed E-state index contributed by atoms with van der Waals surface area (Å²) in [5.74, 6) is 0.501. The van der Waals surface area contributed by atoms with Crippen LogP contribution in [-0.2, 0) is 11.2 Å². The number of carbonyl (C=O) groups excluding carboxylic acids is 1. The van der Waals surface area contributed by atoms with Gasteiger partial charge in [0.05, 0.1) is 17.8 Å². The maximum Gasteiger partial charge on any atom is 0.226 e. The summed E-state index contributed by atoms with van der Waals surface area (Å²) in [7, 11) is 0. The van der Waals surface area contributed by atoms with Gasteiger partial charge in [0.2, 0.25) is 5.91 Å². The van der Waals surface area contributed by atoms with Gasteiger partial charge in [-0.15, -0.1) is 11.3 Å². The molecule has 0 bridgehead atoms. The highest BCUT2D eigenvalue weighted by molar-refractivity contribution is 9.10. The van der Waals surface area contributed by atoms with Gasteiger partial charge in [0, 0.05) is 41.4 Å².